The van der Waals surface area contributed by atoms with Crippen molar-refractivity contribution in [1.29, 1.82) is 10.5 Å². The van der Waals surface area contributed by atoms with Crippen LogP contribution in [0.25, 0.3) is 11.6 Å². The quantitative estimate of drug-likeness (QED) is 0.292. The van der Waals surface area contributed by atoms with E-state index in [4.69, 9.17) is 10.00 Å². The third kappa shape index (κ3) is 4.89. The summed E-state index contributed by atoms with van der Waals surface area (Å²) in [6.45, 7) is 0.460. The first-order valence-corrected chi connectivity index (χ1v) is 9.97. The molecule has 0 saturated heterocycles. The molecule has 136 valence electrons. The molecular formula is C23H14Br2N2O. The Labute approximate surface area is 180 Å². The van der Waals surface area contributed by atoms with Crippen LogP contribution in [0, 0.1) is 22.7 Å². The molecule has 0 fully saturated rings. The third-order valence-electron chi connectivity index (χ3n) is 4.00. The number of allylic oxidation sites excluding steroid dienone is 1. The second-order valence-electron chi connectivity index (χ2n) is 5.95. The summed E-state index contributed by atoms with van der Waals surface area (Å²) in [5.41, 5.74) is 3.77. The first-order valence-electron chi connectivity index (χ1n) is 8.39. The summed E-state index contributed by atoms with van der Waals surface area (Å²) >= 11 is 7.11. The lowest BCUT2D eigenvalue weighted by atomic mass is 10.0. The minimum Gasteiger partial charge on any atom is -0.487 e. The molecular weight excluding hydrogens is 480 g/mol. The van der Waals surface area contributed by atoms with Gasteiger partial charge in [-0.15, -0.1) is 0 Å². The van der Waals surface area contributed by atoms with E-state index in [0.29, 0.717) is 23.5 Å². The molecule has 28 heavy (non-hydrogen) atoms. The molecule has 3 rings (SSSR count). The highest BCUT2D eigenvalue weighted by Crippen LogP contribution is 2.36. The summed E-state index contributed by atoms with van der Waals surface area (Å²) in [7, 11) is 0. The molecule has 0 N–H and O–H groups in total. The monoisotopic (exact) mass is 492 g/mol. The molecule has 0 spiro atoms. The zero-order valence-corrected chi connectivity index (χ0v) is 17.9. The van der Waals surface area contributed by atoms with Crippen molar-refractivity contribution in [2.24, 2.45) is 0 Å². The average Bonchev–Trinajstić information content (AvgIpc) is 2.72. The maximum absolute atomic E-state index is 9.54. The minimum atomic E-state index is 0.460. The molecule has 0 aliphatic carbocycles. The van der Waals surface area contributed by atoms with Gasteiger partial charge in [0.15, 0.2) is 0 Å². The summed E-state index contributed by atoms with van der Waals surface area (Å²) in [6, 6.07) is 25.0. The number of hydrogen-bond donors (Lipinski definition) is 0. The predicted octanol–water partition coefficient (Wildman–Crippen LogP) is 6.73. The molecule has 0 aliphatic heterocycles. The topological polar surface area (TPSA) is 56.8 Å². The van der Waals surface area contributed by atoms with E-state index < -0.39 is 0 Å². The van der Waals surface area contributed by atoms with Crippen molar-refractivity contribution >= 4 is 43.5 Å². The number of nitriles is 2. The van der Waals surface area contributed by atoms with Crippen molar-refractivity contribution < 1.29 is 4.74 Å². The average molecular weight is 494 g/mol. The lowest BCUT2D eigenvalue weighted by Gasteiger charge is -2.12. The molecule has 0 unspecified atom stereocenters. The van der Waals surface area contributed by atoms with E-state index in [2.05, 4.69) is 44.0 Å². The fourth-order valence-electron chi connectivity index (χ4n) is 2.60. The predicted molar refractivity (Wildman–Crippen MR) is 117 cm³/mol. The number of nitrogens with zero attached hydrogens (tertiary/aromatic N) is 2. The molecule has 3 aromatic carbocycles. The van der Waals surface area contributed by atoms with E-state index >= 15 is 0 Å². The van der Waals surface area contributed by atoms with Crippen LogP contribution in [0.15, 0.2) is 75.7 Å². The van der Waals surface area contributed by atoms with Crippen LogP contribution in [0.5, 0.6) is 5.75 Å². The zero-order valence-electron chi connectivity index (χ0n) is 14.7. The molecule has 3 aromatic rings. The van der Waals surface area contributed by atoms with Crippen LogP contribution in [-0.4, -0.2) is 0 Å². The highest BCUT2D eigenvalue weighted by molar-refractivity contribution is 9.11. The van der Waals surface area contributed by atoms with Gasteiger partial charge in [-0.2, -0.15) is 10.5 Å². The van der Waals surface area contributed by atoms with Crippen molar-refractivity contribution in [3.05, 3.63) is 97.9 Å². The number of halogens is 2. The van der Waals surface area contributed by atoms with Crippen LogP contribution in [0.4, 0.5) is 0 Å². The number of rotatable bonds is 5. The van der Waals surface area contributed by atoms with Crippen LogP contribution in [0.2, 0.25) is 0 Å². The Morgan fingerprint density at radius 3 is 2.14 bits per heavy atom. The van der Waals surface area contributed by atoms with E-state index in [1.807, 2.05) is 42.5 Å². The van der Waals surface area contributed by atoms with Crippen molar-refractivity contribution in [1.82, 2.24) is 0 Å². The van der Waals surface area contributed by atoms with Gasteiger partial charge in [0.25, 0.3) is 0 Å². The fourth-order valence-corrected chi connectivity index (χ4v) is 4.05. The van der Waals surface area contributed by atoms with Crippen LogP contribution < -0.4 is 4.74 Å². The molecule has 5 heteroatoms. The maximum atomic E-state index is 9.54. The fraction of sp³-hybridized carbons (Fsp3) is 0.0435. The Kier molecular flexibility index (Phi) is 6.66. The highest BCUT2D eigenvalue weighted by atomic mass is 79.9. The molecule has 0 radical (unpaired) electrons. The molecule has 0 amide bonds. The number of ether oxygens (including phenoxy) is 1. The van der Waals surface area contributed by atoms with E-state index in [1.165, 1.54) is 0 Å². The molecule has 3 nitrogen and oxygen atoms in total. The van der Waals surface area contributed by atoms with E-state index in [0.717, 1.165) is 25.6 Å². The summed E-state index contributed by atoms with van der Waals surface area (Å²) in [5, 5.41) is 18.5. The normalized spacial score (nSPS) is 10.8. The second-order valence-corrected chi connectivity index (χ2v) is 7.66. The third-order valence-corrected chi connectivity index (χ3v) is 5.18. The van der Waals surface area contributed by atoms with Crippen LogP contribution in [-0.2, 0) is 6.61 Å². The molecule has 0 aliphatic rings. The maximum Gasteiger partial charge on any atom is 0.148 e. The van der Waals surface area contributed by atoms with Crippen molar-refractivity contribution in [2.45, 2.75) is 6.61 Å². The van der Waals surface area contributed by atoms with Gasteiger partial charge in [-0.05, 0) is 78.9 Å². The van der Waals surface area contributed by atoms with Crippen molar-refractivity contribution in [2.75, 3.05) is 0 Å². The van der Waals surface area contributed by atoms with Gasteiger partial charge >= 0.3 is 0 Å². The molecule has 0 bridgehead atoms. The summed E-state index contributed by atoms with van der Waals surface area (Å²) < 4.78 is 7.53. The Balaban J connectivity index is 1.85. The number of benzene rings is 3. The van der Waals surface area contributed by atoms with Gasteiger partial charge in [-0.25, -0.2) is 0 Å². The van der Waals surface area contributed by atoms with Crippen LogP contribution in [0.3, 0.4) is 0 Å². The first kappa shape index (κ1) is 19.9. The molecule has 0 atom stereocenters. The summed E-state index contributed by atoms with van der Waals surface area (Å²) in [6.07, 6.45) is 1.80. The largest absolute Gasteiger partial charge is 0.487 e. The van der Waals surface area contributed by atoms with Crippen LogP contribution >= 0.6 is 31.9 Å². The van der Waals surface area contributed by atoms with Gasteiger partial charge in [0, 0.05) is 0 Å². The SMILES string of the molecule is N#C/C(=C/c1cc(Br)c(OCc2ccccc2)c(Br)c1)c1ccc(C#N)cc1. The lowest BCUT2D eigenvalue weighted by molar-refractivity contribution is 0.302. The van der Waals surface area contributed by atoms with Gasteiger partial charge in [0.2, 0.25) is 0 Å². The molecule has 0 saturated carbocycles. The van der Waals surface area contributed by atoms with Crippen molar-refractivity contribution in [3.8, 4) is 17.9 Å². The Hall–Kier alpha value is -2.86. The minimum absolute atomic E-state index is 0.460. The number of hydrogen-bond acceptors (Lipinski definition) is 3. The Morgan fingerprint density at radius 1 is 0.929 bits per heavy atom. The van der Waals surface area contributed by atoms with E-state index in [-0.39, 0.29) is 0 Å². The van der Waals surface area contributed by atoms with Gasteiger partial charge in [0.05, 0.1) is 32.2 Å². The summed E-state index contributed by atoms with van der Waals surface area (Å²) in [4.78, 5) is 0. The van der Waals surface area contributed by atoms with E-state index in [1.54, 1.807) is 30.3 Å². The smallest absolute Gasteiger partial charge is 0.148 e. The lowest BCUT2D eigenvalue weighted by Crippen LogP contribution is -1.97. The van der Waals surface area contributed by atoms with Crippen molar-refractivity contribution in [3.63, 3.8) is 0 Å². The standard InChI is InChI=1S/C23H14Br2N2O/c24-21-11-18(10-20(14-27)19-8-6-16(13-26)7-9-19)12-22(25)23(21)28-15-17-4-2-1-3-5-17/h1-12H,15H2/b20-10-. The Morgan fingerprint density at radius 2 is 1.57 bits per heavy atom. The van der Waals surface area contributed by atoms with Gasteiger partial charge in [-0.1, -0.05) is 42.5 Å². The Bertz CT molecular complexity index is 1070. The zero-order chi connectivity index (χ0) is 19.9. The van der Waals surface area contributed by atoms with E-state index in [9.17, 15) is 5.26 Å². The highest BCUT2D eigenvalue weighted by Gasteiger charge is 2.10. The van der Waals surface area contributed by atoms with Gasteiger partial charge < -0.3 is 4.74 Å². The van der Waals surface area contributed by atoms with Gasteiger partial charge in [-0.3, -0.25) is 0 Å². The van der Waals surface area contributed by atoms with Crippen LogP contribution in [0.1, 0.15) is 22.3 Å². The summed E-state index contributed by atoms with van der Waals surface area (Å²) in [5.74, 6) is 0.706. The first-order chi connectivity index (χ1) is 13.6. The van der Waals surface area contributed by atoms with Gasteiger partial charge in [0.1, 0.15) is 12.4 Å². The second kappa shape index (κ2) is 9.37. The molecule has 0 aromatic heterocycles. The molecule has 0 heterocycles.